The van der Waals surface area contributed by atoms with Gasteiger partial charge in [0.15, 0.2) is 0 Å². The topological polar surface area (TPSA) is 51.6 Å². The van der Waals surface area contributed by atoms with Crippen LogP contribution in [0.4, 0.5) is 0 Å². The molecule has 4 nitrogen and oxygen atoms in total. The summed E-state index contributed by atoms with van der Waals surface area (Å²) < 4.78 is 23.8. The van der Waals surface area contributed by atoms with Gasteiger partial charge in [0, 0.05) is 0 Å². The molecule has 0 unspecified atom stereocenters. The van der Waals surface area contributed by atoms with Crippen molar-refractivity contribution in [2.75, 3.05) is 0 Å². The fourth-order valence-corrected chi connectivity index (χ4v) is 21.2. The Morgan fingerprint density at radius 2 is 0.489 bits per heavy atom. The maximum atomic E-state index is 5.47. The van der Waals surface area contributed by atoms with E-state index in [1.165, 1.54) is 432 Å². The van der Waals surface area contributed by atoms with E-state index in [9.17, 15) is 0 Å². The van der Waals surface area contributed by atoms with E-state index in [1.54, 1.807) is 22.3 Å². The fraction of sp³-hybridized carbons (Fsp3) is 0.786. The van der Waals surface area contributed by atoms with Crippen LogP contribution in [0.2, 0.25) is 0 Å². The van der Waals surface area contributed by atoms with Gasteiger partial charge in [0.2, 0.25) is 0 Å². The summed E-state index contributed by atoms with van der Waals surface area (Å²) in [5.74, 6) is 0. The Morgan fingerprint density at radius 3 is 0.761 bits per heavy atom. The van der Waals surface area contributed by atoms with Gasteiger partial charge in [-0.15, -0.1) is 0 Å². The van der Waals surface area contributed by atoms with Crippen LogP contribution in [-0.2, 0) is 10.8 Å². The van der Waals surface area contributed by atoms with Crippen LogP contribution in [0.25, 0.3) is 44.3 Å². The van der Waals surface area contributed by atoms with Crippen LogP contribution in [0.15, 0.2) is 28.7 Å². The first kappa shape index (κ1) is 78.4. The summed E-state index contributed by atoms with van der Waals surface area (Å²) in [5, 5.41) is 0. The van der Waals surface area contributed by atoms with Gasteiger partial charge >= 0.3 is 374 Å². The van der Waals surface area contributed by atoms with Crippen molar-refractivity contribution < 1.29 is 0 Å². The first-order valence-electron chi connectivity index (χ1n) is 40.6. The van der Waals surface area contributed by atoms with Crippen LogP contribution in [0.5, 0.6) is 0 Å². The van der Waals surface area contributed by atoms with E-state index in [1.807, 2.05) is 0 Å². The van der Waals surface area contributed by atoms with Gasteiger partial charge in [0.1, 0.15) is 0 Å². The summed E-state index contributed by atoms with van der Waals surface area (Å²) in [6, 6.07) is 10.9. The van der Waals surface area contributed by atoms with Crippen LogP contribution in [0.1, 0.15) is 435 Å². The molecule has 2 aliphatic rings. The Hall–Kier alpha value is -0.891. The second kappa shape index (κ2) is 47.2. The maximum absolute atomic E-state index is 5.47. The molecule has 8 heteroatoms. The normalized spacial score (nSPS) is 13.7. The molecule has 0 N–H and O–H groups in total. The zero-order valence-electron chi connectivity index (χ0n) is 60.1. The first-order valence-corrected chi connectivity index (χ1v) is 45.5. The molecular weight excluding hydrogens is 1430 g/mol. The Balaban J connectivity index is 1.14. The van der Waals surface area contributed by atoms with E-state index < -0.39 is 0 Å². The number of nitrogens with zero attached hydrogens (tertiary/aromatic N) is 4. The van der Waals surface area contributed by atoms with Gasteiger partial charge in [-0.25, -0.2) is 0 Å². The van der Waals surface area contributed by atoms with E-state index in [0.717, 1.165) is 5.52 Å². The van der Waals surface area contributed by atoms with Gasteiger partial charge in [-0.3, -0.25) is 0 Å². The molecule has 7 rings (SSSR count). The van der Waals surface area contributed by atoms with Crippen molar-refractivity contribution in [3.63, 3.8) is 0 Å². The molecule has 0 bridgehead atoms. The number of unbranched alkanes of at least 4 members (excludes halogenated alkanes) is 52. The third-order valence-corrected chi connectivity index (χ3v) is 26.2. The number of hydrogen-bond donors (Lipinski definition) is 0. The molecule has 0 spiro atoms. The van der Waals surface area contributed by atoms with Crippen molar-refractivity contribution >= 4 is 90.5 Å². The molecule has 0 aliphatic heterocycles. The summed E-state index contributed by atoms with van der Waals surface area (Å²) in [5.41, 5.74) is 17.1. The quantitative estimate of drug-likeness (QED) is 0.0221. The van der Waals surface area contributed by atoms with Gasteiger partial charge in [0.25, 0.3) is 0 Å². The van der Waals surface area contributed by atoms with Crippen LogP contribution in [0.3, 0.4) is 0 Å². The van der Waals surface area contributed by atoms with Crippen LogP contribution >= 0.6 is 38.5 Å². The zero-order chi connectivity index (χ0) is 64.6. The molecular formula is C84H136BrIN4Se2. The average molecular weight is 1570 g/mol. The number of halogens is 2. The molecule has 3 aromatic carbocycles. The van der Waals surface area contributed by atoms with Crippen LogP contribution in [-0.4, -0.2) is 45.8 Å². The summed E-state index contributed by atoms with van der Waals surface area (Å²) in [6.07, 6.45) is 83.4. The zero-order valence-corrected chi connectivity index (χ0v) is 67.3. The minimum absolute atomic E-state index is 0.0350. The molecule has 0 amide bonds. The number of hydrogen-bond acceptors (Lipinski definition) is 4. The monoisotopic (exact) mass is 1570 g/mol. The second-order valence-electron chi connectivity index (χ2n) is 30.0. The van der Waals surface area contributed by atoms with Crippen molar-refractivity contribution in [1.29, 1.82) is 0 Å². The Labute approximate surface area is 601 Å². The van der Waals surface area contributed by atoms with Crippen molar-refractivity contribution in [1.82, 2.24) is 15.9 Å². The Bertz CT molecular complexity index is 2480. The van der Waals surface area contributed by atoms with Crippen molar-refractivity contribution in [2.24, 2.45) is 0 Å². The summed E-state index contributed by atoms with van der Waals surface area (Å²) in [7, 11) is 0. The minimum atomic E-state index is -0.114. The third-order valence-electron chi connectivity index (χ3n) is 22.6. The van der Waals surface area contributed by atoms with Crippen LogP contribution < -0.4 is 0 Å². The molecule has 5 aromatic rings. The van der Waals surface area contributed by atoms with Gasteiger partial charge in [-0.05, 0) is 0 Å². The van der Waals surface area contributed by atoms with Crippen molar-refractivity contribution in [2.45, 2.75) is 424 Å². The molecule has 0 fully saturated rings. The molecule has 2 aromatic heterocycles. The van der Waals surface area contributed by atoms with E-state index in [-0.39, 0.29) is 40.8 Å². The number of fused-ring (bicyclic) bond motifs is 10. The van der Waals surface area contributed by atoms with Gasteiger partial charge in [-0.1, -0.05) is 233 Å². The summed E-state index contributed by atoms with van der Waals surface area (Å²) in [6.45, 7) is 9.33. The Kier molecular flexibility index (Phi) is 40.3. The number of aromatic nitrogens is 4. The predicted molar refractivity (Wildman–Crippen MR) is 419 cm³/mol. The van der Waals surface area contributed by atoms with E-state index in [4.69, 9.17) is 15.9 Å². The molecule has 518 valence electrons. The fourth-order valence-electron chi connectivity index (χ4n) is 17.0. The molecule has 0 atom stereocenters. The number of rotatable bonds is 60. The molecule has 2 heterocycles. The number of benzene rings is 3. The second-order valence-corrected chi connectivity index (χ2v) is 34.2. The molecule has 0 radical (unpaired) electrons. The first-order chi connectivity index (χ1) is 45.5. The van der Waals surface area contributed by atoms with Crippen molar-refractivity contribution in [3.05, 3.63) is 54.6 Å². The van der Waals surface area contributed by atoms with Gasteiger partial charge in [-0.2, -0.15) is 0 Å². The molecule has 0 saturated heterocycles. The Morgan fingerprint density at radius 1 is 0.272 bits per heavy atom. The SMILES string of the molecule is CCCCCCCCCCCCCCCCC1(CCCCCCCCCCCCCCCC)c2cc3c(cc2-c2c1cc(Br)c1n[se]nc21)C(CCCCCCCCCCCCCCCC)(CCCCCCCCCCCCCCCC)c1cc(I)c2n[se]nc2c1-3. The third kappa shape index (κ3) is 24.8. The van der Waals surface area contributed by atoms with E-state index >= 15 is 0 Å². The van der Waals surface area contributed by atoms with Gasteiger partial charge in [0.05, 0.1) is 0 Å². The van der Waals surface area contributed by atoms with E-state index in [0.29, 0.717) is 0 Å². The molecule has 0 saturated carbocycles. The molecule has 2 aliphatic carbocycles. The standard InChI is InChI=1S/C84H136BrIN4Se2/c1-5-9-13-17-21-25-29-33-37-41-45-49-53-57-61-83(62-58-54-50-46-42-38-34-30-26-22-18-14-10-6-2)71-66-70-72(65-69(71)77-73(83)67-75(85)79-81(77)89-91-87-79)84(74-68-76(86)80-82(78(70)74)90-92-88-80,63-59-55-51-47-43-39-35-31-27-23-19-15-11-7-3)64-60-56-52-48-44-40-36-32-28-24-20-16-12-8-4/h65-68H,5-64H2,1-4H3. The van der Waals surface area contributed by atoms with E-state index in [2.05, 4.69) is 90.5 Å². The average Bonchev–Trinajstić information content (AvgIpc) is 1.52. The van der Waals surface area contributed by atoms with Crippen LogP contribution in [0, 0.1) is 3.57 Å². The summed E-state index contributed by atoms with van der Waals surface area (Å²) >= 11 is 6.66. The molecule has 92 heavy (non-hydrogen) atoms. The van der Waals surface area contributed by atoms with Crippen molar-refractivity contribution in [3.8, 4) is 22.3 Å². The summed E-state index contributed by atoms with van der Waals surface area (Å²) in [4.78, 5) is 0. The predicted octanol–water partition coefficient (Wildman–Crippen LogP) is 29.1. The van der Waals surface area contributed by atoms with Gasteiger partial charge < -0.3 is 0 Å².